The number of aliphatic carboxylic acids is 1. The number of hydrogen-bond acceptors (Lipinski definition) is 24. The quantitative estimate of drug-likeness (QED) is 0.0546. The largest absolute Gasteiger partial charge is 0.481 e. The van der Waals surface area contributed by atoms with Gasteiger partial charge in [-0.25, -0.2) is 0 Å². The van der Waals surface area contributed by atoms with E-state index in [-0.39, 0.29) is 37.0 Å². The summed E-state index contributed by atoms with van der Waals surface area (Å²) >= 11 is 0. The number of hydrogen-bond donors (Lipinski definition) is 15. The van der Waals surface area contributed by atoms with Gasteiger partial charge in [-0.15, -0.1) is 0 Å². The second-order valence-electron chi connectivity index (χ2n) is 25.8. The predicted molar refractivity (Wildman–Crippen MR) is 260 cm³/mol. The molecular weight excluding hydrogens is 1040 g/mol. The lowest BCUT2D eigenvalue weighted by Crippen LogP contribution is -2.71. The van der Waals surface area contributed by atoms with E-state index in [9.17, 15) is 81.4 Å². The fourth-order valence-electron chi connectivity index (χ4n) is 16.3. The van der Waals surface area contributed by atoms with Crippen LogP contribution >= 0.6 is 0 Å². The number of allylic oxidation sites excluding steroid dienone is 2. The van der Waals surface area contributed by atoms with Crippen molar-refractivity contribution in [3.8, 4) is 0 Å². The molecule has 4 heterocycles. The molecule has 8 fully saturated rings. The first kappa shape index (κ1) is 60.4. The molecule has 30 atom stereocenters. The van der Waals surface area contributed by atoms with Gasteiger partial charge < -0.3 is 114 Å². The molecule has 4 saturated carbocycles. The monoisotopic (exact) mass is 1120 g/mol. The zero-order chi connectivity index (χ0) is 57.3. The highest BCUT2D eigenvalue weighted by Gasteiger charge is 2.74. The molecule has 25 nitrogen and oxygen atoms in total. The van der Waals surface area contributed by atoms with Crippen LogP contribution in [0.4, 0.5) is 0 Å². The second kappa shape index (κ2) is 21.5. The van der Waals surface area contributed by atoms with Gasteiger partial charge in [-0.1, -0.05) is 46.3 Å². The number of carbonyl (C=O) groups excluding carboxylic acids is 1. The molecule has 78 heavy (non-hydrogen) atoms. The van der Waals surface area contributed by atoms with Gasteiger partial charge in [0.15, 0.2) is 25.0 Å². The summed E-state index contributed by atoms with van der Waals surface area (Å²) in [5, 5.41) is 165. The third-order valence-electron chi connectivity index (χ3n) is 21.1. The van der Waals surface area contributed by atoms with Gasteiger partial charge in [0, 0.05) is 0 Å². The van der Waals surface area contributed by atoms with Crippen LogP contribution in [0.5, 0.6) is 0 Å². The third-order valence-corrected chi connectivity index (χ3v) is 21.1. The van der Waals surface area contributed by atoms with Gasteiger partial charge in [-0.05, 0) is 105 Å². The van der Waals surface area contributed by atoms with E-state index in [1.807, 2.05) is 6.92 Å². The van der Waals surface area contributed by atoms with Crippen LogP contribution < -0.4 is 0 Å². The average molecular weight is 1120 g/mol. The number of rotatable bonds is 11. The SMILES string of the molecule is CC1OC(OC2C(OC(=O)C34CCC(C)(C)CC3C3=CCC5C6(C)CC(O)C(OC7OC(CO)C(O)C(OC8OC(CO)C(O)C(O)C8O)C7O)C(C)(C(=O)O)C6CCC5(C)C3(C)CC4O)OCC(O)C2O)C(O)C(O)C1O. The van der Waals surface area contributed by atoms with Crippen molar-refractivity contribution in [3.63, 3.8) is 0 Å². The number of aliphatic hydroxyl groups is 14. The summed E-state index contributed by atoms with van der Waals surface area (Å²) < 4.78 is 46.9. The van der Waals surface area contributed by atoms with Crippen LogP contribution in [-0.2, 0) is 47.5 Å². The lowest BCUT2D eigenvalue weighted by molar-refractivity contribution is -0.373. The molecule has 5 aliphatic carbocycles. The van der Waals surface area contributed by atoms with Crippen LogP contribution in [0.3, 0.4) is 0 Å². The highest BCUT2D eigenvalue weighted by Crippen LogP contribution is 2.76. The molecule has 30 unspecified atom stereocenters. The summed E-state index contributed by atoms with van der Waals surface area (Å²) in [5.74, 6) is -3.82. The Morgan fingerprint density at radius 3 is 1.83 bits per heavy atom. The molecule has 9 aliphatic rings. The first-order chi connectivity index (χ1) is 36.4. The Morgan fingerprint density at radius 2 is 1.21 bits per heavy atom. The number of esters is 1. The number of ether oxygens (including phenoxy) is 8. The average Bonchev–Trinajstić information content (AvgIpc) is 3.18. The smallest absolute Gasteiger partial charge is 0.317 e. The van der Waals surface area contributed by atoms with Crippen LogP contribution in [-0.4, -0.2) is 243 Å². The lowest BCUT2D eigenvalue weighted by Gasteiger charge is -2.71. The molecular formula is C53H84O25. The number of aliphatic hydroxyl groups excluding tert-OH is 14. The van der Waals surface area contributed by atoms with Gasteiger partial charge in [-0.3, -0.25) is 9.59 Å². The van der Waals surface area contributed by atoms with Crippen LogP contribution in [0.1, 0.15) is 99.8 Å². The van der Waals surface area contributed by atoms with E-state index in [2.05, 4.69) is 33.8 Å². The Morgan fingerprint density at radius 1 is 0.615 bits per heavy atom. The van der Waals surface area contributed by atoms with Gasteiger partial charge >= 0.3 is 11.9 Å². The molecule has 4 aliphatic heterocycles. The van der Waals surface area contributed by atoms with E-state index in [4.69, 9.17) is 37.9 Å². The molecule has 4 saturated heterocycles. The number of carbonyl (C=O) groups is 2. The van der Waals surface area contributed by atoms with Crippen LogP contribution in [0.15, 0.2) is 11.6 Å². The van der Waals surface area contributed by atoms with E-state index in [0.717, 1.165) is 5.57 Å². The minimum Gasteiger partial charge on any atom is -0.481 e. The van der Waals surface area contributed by atoms with Gasteiger partial charge in [0.05, 0.1) is 43.5 Å². The molecule has 0 aromatic rings. The summed E-state index contributed by atoms with van der Waals surface area (Å²) in [5.41, 5.74) is -5.33. The molecule has 0 bridgehead atoms. The number of carboxylic acid groups (broad SMARTS) is 1. The Balaban J connectivity index is 0.991. The predicted octanol–water partition coefficient (Wildman–Crippen LogP) is -3.36. The summed E-state index contributed by atoms with van der Waals surface area (Å²) in [6.45, 7) is 11.1. The van der Waals surface area contributed by atoms with Crippen LogP contribution in [0.2, 0.25) is 0 Å². The number of fused-ring (bicyclic) bond motifs is 7. The van der Waals surface area contributed by atoms with Crippen LogP contribution in [0.25, 0.3) is 0 Å². The van der Waals surface area contributed by atoms with E-state index in [0.29, 0.717) is 25.7 Å². The molecule has 0 spiro atoms. The Bertz CT molecular complexity index is 2220. The highest BCUT2D eigenvalue weighted by molar-refractivity contribution is 5.80. The fraction of sp³-hybridized carbons (Fsp3) is 0.925. The highest BCUT2D eigenvalue weighted by atomic mass is 16.8. The van der Waals surface area contributed by atoms with E-state index >= 15 is 4.79 Å². The van der Waals surface area contributed by atoms with Gasteiger partial charge in [-0.2, -0.15) is 0 Å². The van der Waals surface area contributed by atoms with Gasteiger partial charge in [0.1, 0.15) is 90.9 Å². The molecule has 0 radical (unpaired) electrons. The maximum absolute atomic E-state index is 15.2. The van der Waals surface area contributed by atoms with Crippen molar-refractivity contribution in [2.24, 2.45) is 50.2 Å². The van der Waals surface area contributed by atoms with Crippen molar-refractivity contribution in [2.75, 3.05) is 19.8 Å². The minimum atomic E-state index is -2.00. The topological polar surface area (TPSA) is 411 Å². The van der Waals surface area contributed by atoms with Crippen molar-refractivity contribution >= 4 is 11.9 Å². The maximum Gasteiger partial charge on any atom is 0.317 e. The summed E-state index contributed by atoms with van der Waals surface area (Å²) in [6.07, 6.45) is -32.2. The van der Waals surface area contributed by atoms with Crippen molar-refractivity contribution in [2.45, 2.75) is 235 Å². The van der Waals surface area contributed by atoms with E-state index in [1.165, 1.54) is 13.8 Å². The van der Waals surface area contributed by atoms with Crippen molar-refractivity contribution in [1.29, 1.82) is 0 Å². The summed E-state index contributed by atoms with van der Waals surface area (Å²) in [6, 6.07) is 0. The second-order valence-corrected chi connectivity index (χ2v) is 25.8. The summed E-state index contributed by atoms with van der Waals surface area (Å²) in [4.78, 5) is 29.2. The molecule has 25 heteroatoms. The zero-order valence-corrected chi connectivity index (χ0v) is 45.1. The molecule has 9 rings (SSSR count). The van der Waals surface area contributed by atoms with Crippen molar-refractivity contribution < 1.29 is 124 Å². The van der Waals surface area contributed by atoms with E-state index in [1.54, 1.807) is 0 Å². The molecule has 446 valence electrons. The Labute approximate surface area is 451 Å². The first-order valence-corrected chi connectivity index (χ1v) is 27.5. The fourth-order valence-corrected chi connectivity index (χ4v) is 16.3. The molecule has 0 aromatic heterocycles. The standard InChI is InChI=1S/C53H84O25/c1-20-30(59)34(63)36(65)42(72-20)76-40-31(60)24(57)19-71-45(40)78-47(70)53-13-12-48(2,3)14-22(53)21-8-9-27-49(4)15-23(56)41(52(7,46(68)69)28(49)10-11-50(27,5)51(21,6)16-29(53)58)77-44-38(67)39(33(62)26(18-55)74-44)75-43-37(66)35(64)32(61)25(17-54)73-43/h8,20,22-45,54-67H,9-19H2,1-7H3,(H,68,69). The Kier molecular flexibility index (Phi) is 16.6. The van der Waals surface area contributed by atoms with E-state index < -0.39 is 206 Å². The Hall–Kier alpha value is -2.16. The van der Waals surface area contributed by atoms with Crippen molar-refractivity contribution in [1.82, 2.24) is 0 Å². The maximum atomic E-state index is 15.2. The zero-order valence-electron chi connectivity index (χ0n) is 45.1. The van der Waals surface area contributed by atoms with Crippen molar-refractivity contribution in [3.05, 3.63) is 11.6 Å². The molecule has 0 amide bonds. The third kappa shape index (κ3) is 9.34. The molecule has 15 N–H and O–H groups in total. The minimum absolute atomic E-state index is 0.00773. The lowest BCUT2D eigenvalue weighted by atomic mass is 9.33. The number of carboxylic acids is 1. The molecule has 0 aromatic carbocycles. The van der Waals surface area contributed by atoms with Crippen LogP contribution in [0, 0.1) is 50.2 Å². The first-order valence-electron chi connectivity index (χ1n) is 27.5. The normalized spacial score (nSPS) is 55.0. The summed E-state index contributed by atoms with van der Waals surface area (Å²) in [7, 11) is 0. The van der Waals surface area contributed by atoms with Gasteiger partial charge in [0.25, 0.3) is 0 Å². The van der Waals surface area contributed by atoms with Gasteiger partial charge in [0.2, 0.25) is 6.29 Å².